The second kappa shape index (κ2) is 7.13. The highest BCUT2D eigenvalue weighted by Crippen LogP contribution is 2.20. The van der Waals surface area contributed by atoms with Gasteiger partial charge in [0.15, 0.2) is 5.78 Å². The normalized spacial score (nSPS) is 18.9. The minimum atomic E-state index is 0.284. The van der Waals surface area contributed by atoms with E-state index in [0.717, 1.165) is 36.1 Å². The third kappa shape index (κ3) is 4.23. The second-order valence-corrected chi connectivity index (χ2v) is 5.13. The topological polar surface area (TPSA) is 26.3 Å². The molecule has 1 aromatic carbocycles. The number of hydrogen-bond donors (Lipinski definition) is 0. The van der Waals surface area contributed by atoms with Gasteiger partial charge in [0.1, 0.15) is 5.75 Å². The first-order chi connectivity index (χ1) is 9.29. The van der Waals surface area contributed by atoms with Crippen molar-refractivity contribution in [2.75, 3.05) is 7.11 Å². The van der Waals surface area contributed by atoms with Gasteiger partial charge in [0.25, 0.3) is 0 Å². The smallest absolute Gasteiger partial charge is 0.162 e. The van der Waals surface area contributed by atoms with E-state index < -0.39 is 0 Å². The number of rotatable bonds is 4. The quantitative estimate of drug-likeness (QED) is 0.813. The molecule has 19 heavy (non-hydrogen) atoms. The van der Waals surface area contributed by atoms with Gasteiger partial charge >= 0.3 is 0 Å². The first-order valence-corrected chi connectivity index (χ1v) is 7.15. The lowest BCUT2D eigenvalue weighted by molar-refractivity contribution is -0.115. The van der Waals surface area contributed by atoms with Crippen molar-refractivity contribution in [3.8, 4) is 5.75 Å². The molecule has 1 aromatic rings. The lowest BCUT2D eigenvalue weighted by Crippen LogP contribution is -2.08. The Kier molecular flexibility index (Phi) is 5.20. The Morgan fingerprint density at radius 2 is 1.84 bits per heavy atom. The van der Waals surface area contributed by atoms with Gasteiger partial charge in [-0.2, -0.15) is 0 Å². The average Bonchev–Trinajstić information content (AvgIpc) is 2.39. The predicted molar refractivity (Wildman–Crippen MR) is 77.5 cm³/mol. The molecule has 0 amide bonds. The molecule has 0 atom stereocenters. The van der Waals surface area contributed by atoms with Gasteiger partial charge in [0.05, 0.1) is 7.11 Å². The molecule has 0 heterocycles. The van der Waals surface area contributed by atoms with Crippen molar-refractivity contribution < 1.29 is 9.53 Å². The van der Waals surface area contributed by atoms with Crippen molar-refractivity contribution in [1.82, 2.24) is 0 Å². The third-order valence-electron chi connectivity index (χ3n) is 3.67. The zero-order valence-corrected chi connectivity index (χ0v) is 11.7. The van der Waals surface area contributed by atoms with Crippen LogP contribution in [0.25, 0.3) is 0 Å². The van der Waals surface area contributed by atoms with E-state index in [4.69, 9.17) is 4.74 Å². The van der Waals surface area contributed by atoms with E-state index in [0.29, 0.717) is 6.42 Å². The highest BCUT2D eigenvalue weighted by molar-refractivity contribution is 5.96. The maximum atomic E-state index is 12.3. The number of hydrogen-bond acceptors (Lipinski definition) is 2. The van der Waals surface area contributed by atoms with Crippen molar-refractivity contribution in [3.63, 3.8) is 0 Å². The summed E-state index contributed by atoms with van der Waals surface area (Å²) in [6.45, 7) is 0. The predicted octanol–water partition coefficient (Wildman–Crippen LogP) is 4.09. The summed E-state index contributed by atoms with van der Waals surface area (Å²) in [5.41, 5.74) is 2.10. The fourth-order valence-electron chi connectivity index (χ4n) is 2.49. The summed E-state index contributed by atoms with van der Waals surface area (Å²) in [4.78, 5) is 12.3. The van der Waals surface area contributed by atoms with Gasteiger partial charge in [-0.15, -0.1) is 0 Å². The number of ether oxygens (including phenoxy) is 1. The molecule has 0 saturated heterocycles. The Morgan fingerprint density at radius 1 is 1.11 bits per heavy atom. The van der Waals surface area contributed by atoms with E-state index in [-0.39, 0.29) is 5.78 Å². The Labute approximate surface area is 115 Å². The molecule has 0 aromatic heterocycles. The van der Waals surface area contributed by atoms with Gasteiger partial charge < -0.3 is 4.74 Å². The van der Waals surface area contributed by atoms with E-state index in [1.54, 1.807) is 7.11 Å². The van der Waals surface area contributed by atoms with Crippen LogP contribution in [0.4, 0.5) is 0 Å². The van der Waals surface area contributed by atoms with Crippen LogP contribution in [-0.4, -0.2) is 12.9 Å². The van der Waals surface area contributed by atoms with Crippen LogP contribution >= 0.6 is 0 Å². The molecule has 0 N–H and O–H groups in total. The Balaban J connectivity index is 1.98. The van der Waals surface area contributed by atoms with Gasteiger partial charge in [0.2, 0.25) is 0 Å². The molecule has 0 fully saturated rings. The summed E-state index contributed by atoms with van der Waals surface area (Å²) >= 11 is 0. The number of Topliss-reactive ketones (excluding diaryl/α,β-unsaturated/α-hetero) is 1. The van der Waals surface area contributed by atoms with Gasteiger partial charge in [-0.3, -0.25) is 4.79 Å². The van der Waals surface area contributed by atoms with Crippen LogP contribution in [0, 0.1) is 0 Å². The highest BCUT2D eigenvalue weighted by Gasteiger charge is 2.11. The van der Waals surface area contributed by atoms with Crippen LogP contribution in [0.3, 0.4) is 0 Å². The molecule has 0 unspecified atom stereocenters. The van der Waals surface area contributed by atoms with E-state index in [1.807, 2.05) is 24.3 Å². The monoisotopic (exact) mass is 258 g/mol. The first-order valence-electron chi connectivity index (χ1n) is 7.15. The van der Waals surface area contributed by atoms with Crippen LogP contribution in [0.1, 0.15) is 44.1 Å². The van der Waals surface area contributed by atoms with E-state index >= 15 is 0 Å². The first kappa shape index (κ1) is 13.9. The molecule has 0 aliphatic heterocycles. The van der Waals surface area contributed by atoms with E-state index in [1.165, 1.54) is 19.3 Å². The summed E-state index contributed by atoms with van der Waals surface area (Å²) in [6.07, 6.45) is 9.61. The largest absolute Gasteiger partial charge is 0.497 e. The van der Waals surface area contributed by atoms with Crippen LogP contribution in [0.2, 0.25) is 0 Å². The van der Waals surface area contributed by atoms with Gasteiger partial charge in [-0.25, -0.2) is 0 Å². The minimum absolute atomic E-state index is 0.284. The molecule has 2 rings (SSSR count). The zero-order chi connectivity index (χ0) is 13.5. The van der Waals surface area contributed by atoms with Crippen LogP contribution in [-0.2, 0) is 11.2 Å². The number of methoxy groups -OCH3 is 1. The lowest BCUT2D eigenvalue weighted by atomic mass is 9.94. The van der Waals surface area contributed by atoms with Gasteiger partial charge in [0, 0.05) is 6.42 Å². The molecule has 0 radical (unpaired) electrons. The Morgan fingerprint density at radius 3 is 2.58 bits per heavy atom. The summed E-state index contributed by atoms with van der Waals surface area (Å²) < 4.78 is 5.12. The molecular weight excluding hydrogens is 236 g/mol. The van der Waals surface area contributed by atoms with Crippen molar-refractivity contribution in [2.24, 2.45) is 0 Å². The number of carbonyl (C=O) groups excluding carboxylic acids is 1. The summed E-state index contributed by atoms with van der Waals surface area (Å²) in [7, 11) is 1.65. The van der Waals surface area contributed by atoms with E-state index in [2.05, 4.69) is 6.08 Å². The number of ketones is 1. The summed E-state index contributed by atoms with van der Waals surface area (Å²) in [5, 5.41) is 0. The molecule has 1 aliphatic rings. The fourth-order valence-corrected chi connectivity index (χ4v) is 2.49. The minimum Gasteiger partial charge on any atom is -0.497 e. The van der Waals surface area contributed by atoms with E-state index in [9.17, 15) is 4.79 Å². The van der Waals surface area contributed by atoms with Crippen LogP contribution in [0.5, 0.6) is 5.75 Å². The standard InChI is InChI=1S/C17H22O2/c1-19-16-11-9-14(10-12-16)13-17(18)15-7-5-3-2-4-6-8-15/h7,9-12H,2-6,8,13H2,1H3/b15-7+. The van der Waals surface area contributed by atoms with Gasteiger partial charge in [-0.1, -0.05) is 31.1 Å². The summed E-state index contributed by atoms with van der Waals surface area (Å²) in [5.74, 6) is 1.12. The molecular formula is C17H22O2. The van der Waals surface area contributed by atoms with Crippen molar-refractivity contribution in [1.29, 1.82) is 0 Å². The SMILES string of the molecule is COc1ccc(CC(=O)/C2=C/CCCCCC2)cc1. The highest BCUT2D eigenvalue weighted by atomic mass is 16.5. The number of benzene rings is 1. The number of allylic oxidation sites excluding steroid dienone is 2. The number of carbonyl (C=O) groups is 1. The van der Waals surface area contributed by atoms with Crippen molar-refractivity contribution >= 4 is 5.78 Å². The maximum Gasteiger partial charge on any atom is 0.162 e. The van der Waals surface area contributed by atoms with Crippen LogP contribution < -0.4 is 4.74 Å². The fraction of sp³-hybridized carbons (Fsp3) is 0.471. The van der Waals surface area contributed by atoms with Gasteiger partial charge in [-0.05, 0) is 49.0 Å². The molecule has 1 aliphatic carbocycles. The van der Waals surface area contributed by atoms with Crippen LogP contribution in [0.15, 0.2) is 35.9 Å². The maximum absolute atomic E-state index is 12.3. The molecule has 0 spiro atoms. The zero-order valence-electron chi connectivity index (χ0n) is 11.7. The lowest BCUT2D eigenvalue weighted by Gasteiger charge is -2.10. The third-order valence-corrected chi connectivity index (χ3v) is 3.67. The Bertz CT molecular complexity index is 443. The molecule has 0 saturated carbocycles. The average molecular weight is 258 g/mol. The molecule has 102 valence electrons. The molecule has 2 nitrogen and oxygen atoms in total. The molecule has 2 heteroatoms. The molecule has 0 bridgehead atoms. The van der Waals surface area contributed by atoms with Crippen molar-refractivity contribution in [3.05, 3.63) is 41.5 Å². The Hall–Kier alpha value is -1.57. The second-order valence-electron chi connectivity index (χ2n) is 5.13. The van der Waals surface area contributed by atoms with Crippen molar-refractivity contribution in [2.45, 2.75) is 44.9 Å². The summed E-state index contributed by atoms with van der Waals surface area (Å²) in [6, 6.07) is 7.77.